The summed E-state index contributed by atoms with van der Waals surface area (Å²) in [6.45, 7) is 1.31. The van der Waals surface area contributed by atoms with Gasteiger partial charge >= 0.3 is 0 Å². The average Bonchev–Trinajstić information content (AvgIpc) is 3.09. The highest BCUT2D eigenvalue weighted by molar-refractivity contribution is 5.94. The molecule has 23 heavy (non-hydrogen) atoms. The number of hydrogen-bond donors (Lipinski definition) is 1. The van der Waals surface area contributed by atoms with E-state index in [9.17, 15) is 4.79 Å². The SMILES string of the molecule is O=C(NCCn1cccc1)c1cccc(Oc2ccccn2)c1. The number of benzene rings is 1. The summed E-state index contributed by atoms with van der Waals surface area (Å²) in [6, 6.07) is 16.4. The van der Waals surface area contributed by atoms with Crippen molar-refractivity contribution < 1.29 is 9.53 Å². The van der Waals surface area contributed by atoms with E-state index in [0.29, 0.717) is 23.7 Å². The van der Waals surface area contributed by atoms with Crippen molar-refractivity contribution in [2.45, 2.75) is 6.54 Å². The molecule has 0 bridgehead atoms. The first-order valence-electron chi connectivity index (χ1n) is 7.39. The van der Waals surface area contributed by atoms with E-state index >= 15 is 0 Å². The molecule has 1 aromatic carbocycles. The van der Waals surface area contributed by atoms with Crippen LogP contribution in [0.1, 0.15) is 10.4 Å². The van der Waals surface area contributed by atoms with Crippen LogP contribution in [0.3, 0.4) is 0 Å². The number of carbonyl (C=O) groups excluding carboxylic acids is 1. The average molecular weight is 307 g/mol. The van der Waals surface area contributed by atoms with Gasteiger partial charge in [0.15, 0.2) is 0 Å². The van der Waals surface area contributed by atoms with E-state index in [1.165, 1.54) is 0 Å². The summed E-state index contributed by atoms with van der Waals surface area (Å²) in [5.74, 6) is 0.961. The number of hydrogen-bond acceptors (Lipinski definition) is 3. The fraction of sp³-hybridized carbons (Fsp3) is 0.111. The molecule has 1 N–H and O–H groups in total. The zero-order valence-electron chi connectivity index (χ0n) is 12.6. The van der Waals surface area contributed by atoms with Crippen LogP contribution in [0.5, 0.6) is 11.6 Å². The predicted molar refractivity (Wildman–Crippen MR) is 87.5 cm³/mol. The fourth-order valence-corrected chi connectivity index (χ4v) is 2.15. The lowest BCUT2D eigenvalue weighted by Crippen LogP contribution is -2.26. The standard InChI is InChI=1S/C18H17N3O2/c22-18(20-10-13-21-11-3-4-12-21)15-6-5-7-16(14-15)23-17-8-1-2-9-19-17/h1-9,11-12,14H,10,13H2,(H,20,22). The molecule has 2 aromatic heterocycles. The molecule has 0 aliphatic rings. The minimum Gasteiger partial charge on any atom is -0.439 e. The Morgan fingerprint density at radius 1 is 1.09 bits per heavy atom. The highest BCUT2D eigenvalue weighted by atomic mass is 16.5. The molecule has 0 radical (unpaired) electrons. The summed E-state index contributed by atoms with van der Waals surface area (Å²) in [5.41, 5.74) is 0.561. The van der Waals surface area contributed by atoms with E-state index in [-0.39, 0.29) is 5.91 Å². The van der Waals surface area contributed by atoms with Crippen LogP contribution in [0.4, 0.5) is 0 Å². The van der Waals surface area contributed by atoms with Crippen LogP contribution >= 0.6 is 0 Å². The van der Waals surface area contributed by atoms with Gasteiger partial charge in [0.1, 0.15) is 5.75 Å². The van der Waals surface area contributed by atoms with E-state index in [4.69, 9.17) is 4.74 Å². The third-order valence-corrected chi connectivity index (χ3v) is 3.28. The third-order valence-electron chi connectivity index (χ3n) is 3.28. The maximum atomic E-state index is 12.2. The predicted octanol–water partition coefficient (Wildman–Crippen LogP) is 3.11. The Morgan fingerprint density at radius 2 is 1.96 bits per heavy atom. The van der Waals surface area contributed by atoms with Gasteiger partial charge in [-0.1, -0.05) is 12.1 Å². The smallest absolute Gasteiger partial charge is 0.251 e. The molecule has 0 saturated heterocycles. The number of amides is 1. The van der Waals surface area contributed by atoms with E-state index in [2.05, 4.69) is 10.3 Å². The molecule has 0 aliphatic heterocycles. The van der Waals surface area contributed by atoms with Gasteiger partial charge in [0, 0.05) is 43.3 Å². The van der Waals surface area contributed by atoms with Crippen molar-refractivity contribution in [1.29, 1.82) is 0 Å². The van der Waals surface area contributed by atoms with Crippen molar-refractivity contribution in [3.8, 4) is 11.6 Å². The highest BCUT2D eigenvalue weighted by Crippen LogP contribution is 2.19. The third kappa shape index (κ3) is 4.20. The molecule has 2 heterocycles. The fourth-order valence-electron chi connectivity index (χ4n) is 2.15. The van der Waals surface area contributed by atoms with E-state index in [1.54, 1.807) is 36.5 Å². The molecule has 1 amide bonds. The number of carbonyl (C=O) groups is 1. The molecule has 0 saturated carbocycles. The molecule has 0 atom stereocenters. The van der Waals surface area contributed by atoms with Crippen molar-refractivity contribution in [3.63, 3.8) is 0 Å². The van der Waals surface area contributed by atoms with Crippen LogP contribution in [-0.4, -0.2) is 22.0 Å². The van der Waals surface area contributed by atoms with Crippen LogP contribution in [0.2, 0.25) is 0 Å². The quantitative estimate of drug-likeness (QED) is 0.761. The van der Waals surface area contributed by atoms with Gasteiger partial charge in [0.2, 0.25) is 5.88 Å². The summed E-state index contributed by atoms with van der Waals surface area (Å²) in [7, 11) is 0. The van der Waals surface area contributed by atoms with Crippen molar-refractivity contribution in [1.82, 2.24) is 14.9 Å². The zero-order valence-corrected chi connectivity index (χ0v) is 12.6. The van der Waals surface area contributed by atoms with Gasteiger partial charge in [-0.3, -0.25) is 4.79 Å². The number of nitrogens with zero attached hydrogens (tertiary/aromatic N) is 2. The van der Waals surface area contributed by atoms with Gasteiger partial charge in [-0.05, 0) is 36.4 Å². The number of nitrogens with one attached hydrogen (secondary N) is 1. The highest BCUT2D eigenvalue weighted by Gasteiger charge is 2.07. The maximum Gasteiger partial charge on any atom is 0.251 e. The van der Waals surface area contributed by atoms with Crippen LogP contribution in [-0.2, 0) is 6.54 Å². The molecular weight excluding hydrogens is 290 g/mol. The second-order valence-corrected chi connectivity index (χ2v) is 4.97. The van der Waals surface area contributed by atoms with Crippen molar-refractivity contribution in [3.05, 3.63) is 78.8 Å². The van der Waals surface area contributed by atoms with Crippen molar-refractivity contribution >= 4 is 5.91 Å². The van der Waals surface area contributed by atoms with Gasteiger partial charge in [0.25, 0.3) is 5.91 Å². The Labute approximate surface area is 134 Å². The Hall–Kier alpha value is -3.08. The first-order chi connectivity index (χ1) is 11.3. The molecule has 116 valence electrons. The van der Waals surface area contributed by atoms with Gasteiger partial charge < -0.3 is 14.6 Å². The summed E-state index contributed by atoms with van der Waals surface area (Å²) in [5, 5.41) is 2.90. The molecule has 0 fully saturated rings. The molecule has 5 nitrogen and oxygen atoms in total. The summed E-state index contributed by atoms with van der Waals surface area (Å²) < 4.78 is 7.65. The number of aromatic nitrogens is 2. The van der Waals surface area contributed by atoms with Crippen molar-refractivity contribution in [2.75, 3.05) is 6.54 Å². The first-order valence-corrected chi connectivity index (χ1v) is 7.39. The number of rotatable bonds is 6. The lowest BCUT2D eigenvalue weighted by atomic mass is 10.2. The largest absolute Gasteiger partial charge is 0.439 e. The zero-order chi connectivity index (χ0) is 15.9. The second kappa shape index (κ2) is 7.26. The lowest BCUT2D eigenvalue weighted by molar-refractivity contribution is 0.0952. The normalized spacial score (nSPS) is 10.3. The Bertz CT molecular complexity index is 755. The second-order valence-electron chi connectivity index (χ2n) is 4.97. The van der Waals surface area contributed by atoms with Crippen LogP contribution in [0.15, 0.2) is 73.2 Å². The van der Waals surface area contributed by atoms with E-state index in [1.807, 2.05) is 41.2 Å². The Morgan fingerprint density at radius 3 is 2.74 bits per heavy atom. The number of pyridine rings is 1. The van der Waals surface area contributed by atoms with E-state index in [0.717, 1.165) is 6.54 Å². The van der Waals surface area contributed by atoms with Gasteiger partial charge in [-0.25, -0.2) is 4.98 Å². The molecule has 0 unspecified atom stereocenters. The minimum atomic E-state index is -0.122. The summed E-state index contributed by atoms with van der Waals surface area (Å²) in [6.07, 6.45) is 5.59. The number of ether oxygens (including phenoxy) is 1. The molecule has 0 aliphatic carbocycles. The molecule has 0 spiro atoms. The Kier molecular flexibility index (Phi) is 4.69. The molecule has 3 rings (SSSR count). The first kappa shape index (κ1) is 14.8. The van der Waals surface area contributed by atoms with Crippen LogP contribution < -0.4 is 10.1 Å². The van der Waals surface area contributed by atoms with E-state index < -0.39 is 0 Å². The summed E-state index contributed by atoms with van der Waals surface area (Å²) in [4.78, 5) is 16.3. The van der Waals surface area contributed by atoms with Crippen LogP contribution in [0, 0.1) is 0 Å². The van der Waals surface area contributed by atoms with Gasteiger partial charge in [0.05, 0.1) is 0 Å². The summed E-state index contributed by atoms with van der Waals surface area (Å²) >= 11 is 0. The Balaban J connectivity index is 1.59. The minimum absolute atomic E-state index is 0.122. The maximum absolute atomic E-state index is 12.2. The van der Waals surface area contributed by atoms with Gasteiger partial charge in [-0.15, -0.1) is 0 Å². The molecular formula is C18H17N3O2. The van der Waals surface area contributed by atoms with Crippen LogP contribution in [0.25, 0.3) is 0 Å². The van der Waals surface area contributed by atoms with Gasteiger partial charge in [-0.2, -0.15) is 0 Å². The lowest BCUT2D eigenvalue weighted by Gasteiger charge is -2.08. The monoisotopic (exact) mass is 307 g/mol. The topological polar surface area (TPSA) is 56.2 Å². The molecule has 5 heteroatoms. The molecule has 3 aromatic rings. The van der Waals surface area contributed by atoms with Crippen molar-refractivity contribution in [2.24, 2.45) is 0 Å².